The second-order valence-corrected chi connectivity index (χ2v) is 8.45. The number of hydrogen-bond acceptors (Lipinski definition) is 4. The molecule has 1 saturated carbocycles. The van der Waals surface area contributed by atoms with Crippen LogP contribution in [-0.4, -0.2) is 41.1 Å². The summed E-state index contributed by atoms with van der Waals surface area (Å²) in [5.74, 6) is -1.00. The number of rotatable bonds is 5. The molecule has 1 aliphatic heterocycles. The largest absolute Gasteiger partial charge is 0.461 e. The van der Waals surface area contributed by atoms with Crippen LogP contribution in [0.3, 0.4) is 0 Å². The van der Waals surface area contributed by atoms with E-state index in [2.05, 4.69) is 12.1 Å². The normalized spacial score (nSPS) is 26.4. The average molecular weight is 408 g/mol. The Labute approximate surface area is 177 Å². The Morgan fingerprint density at radius 1 is 0.933 bits per heavy atom. The van der Waals surface area contributed by atoms with Gasteiger partial charge in [-0.15, -0.1) is 0 Å². The number of esters is 1. The zero-order valence-electron chi connectivity index (χ0n) is 17.2. The quantitative estimate of drug-likeness (QED) is 0.770. The van der Waals surface area contributed by atoms with E-state index < -0.39 is 17.9 Å². The number of hydrogen-bond donors (Lipinski definition) is 1. The highest BCUT2D eigenvalue weighted by Gasteiger charge is 2.42. The van der Waals surface area contributed by atoms with Gasteiger partial charge in [-0.3, -0.25) is 9.59 Å². The monoisotopic (exact) mass is 407 g/mol. The van der Waals surface area contributed by atoms with Crippen molar-refractivity contribution in [1.82, 2.24) is 4.90 Å². The average Bonchev–Trinajstić information content (AvgIpc) is 3.29. The summed E-state index contributed by atoms with van der Waals surface area (Å²) in [5.41, 5.74) is 2.17. The molecule has 1 aliphatic carbocycles. The van der Waals surface area contributed by atoms with Gasteiger partial charge in [-0.2, -0.15) is 0 Å². The molecule has 1 heterocycles. The standard InChI is InChI=1S/C25H29NO4/c27-21-11-12-22(23(15-21)25(29)30-17-18-7-3-1-4-8-18)24(28)26-14-13-20(16-26)19-9-5-2-6-10-19/h1-10,20-23,27H,11-17H2/t20-,21-,22-,23-/m0/s1. The number of amides is 1. The molecule has 4 rings (SSSR count). The lowest BCUT2D eigenvalue weighted by atomic mass is 9.77. The number of carbonyl (C=O) groups is 2. The molecule has 1 saturated heterocycles. The fraction of sp³-hybridized carbons (Fsp3) is 0.440. The third-order valence-electron chi connectivity index (χ3n) is 6.44. The maximum atomic E-state index is 13.3. The maximum absolute atomic E-state index is 13.3. The van der Waals surface area contributed by atoms with Crippen molar-refractivity contribution < 1.29 is 19.4 Å². The summed E-state index contributed by atoms with van der Waals surface area (Å²) in [5, 5.41) is 10.1. The second kappa shape index (κ2) is 9.43. The molecule has 158 valence electrons. The van der Waals surface area contributed by atoms with Crippen molar-refractivity contribution in [1.29, 1.82) is 0 Å². The van der Waals surface area contributed by atoms with Crippen molar-refractivity contribution in [3.8, 4) is 0 Å². The molecule has 30 heavy (non-hydrogen) atoms. The van der Waals surface area contributed by atoms with E-state index in [1.54, 1.807) is 0 Å². The summed E-state index contributed by atoms with van der Waals surface area (Å²) >= 11 is 0. The van der Waals surface area contributed by atoms with Gasteiger partial charge in [0, 0.05) is 19.0 Å². The predicted molar refractivity (Wildman–Crippen MR) is 113 cm³/mol. The lowest BCUT2D eigenvalue weighted by molar-refractivity contribution is -0.160. The first-order valence-electron chi connectivity index (χ1n) is 10.8. The lowest BCUT2D eigenvalue weighted by Crippen LogP contribution is -2.44. The third kappa shape index (κ3) is 4.73. The number of likely N-dealkylation sites (tertiary alicyclic amines) is 1. The highest BCUT2D eigenvalue weighted by Crippen LogP contribution is 2.35. The minimum atomic E-state index is -0.583. The fourth-order valence-electron chi connectivity index (χ4n) is 4.73. The maximum Gasteiger partial charge on any atom is 0.310 e. The van der Waals surface area contributed by atoms with Gasteiger partial charge in [0.05, 0.1) is 17.9 Å². The summed E-state index contributed by atoms with van der Waals surface area (Å²) in [6, 6.07) is 19.8. The van der Waals surface area contributed by atoms with Crippen molar-refractivity contribution in [2.45, 2.75) is 44.3 Å². The van der Waals surface area contributed by atoms with Gasteiger partial charge in [-0.1, -0.05) is 60.7 Å². The van der Waals surface area contributed by atoms with Crippen LogP contribution in [0.15, 0.2) is 60.7 Å². The minimum absolute atomic E-state index is 0.0296. The molecule has 0 radical (unpaired) electrons. The smallest absolute Gasteiger partial charge is 0.310 e. The molecule has 2 aromatic carbocycles. The van der Waals surface area contributed by atoms with Gasteiger partial charge in [0.2, 0.25) is 5.91 Å². The highest BCUT2D eigenvalue weighted by atomic mass is 16.5. The topological polar surface area (TPSA) is 66.8 Å². The predicted octanol–water partition coefficient (Wildman–Crippen LogP) is 3.52. The molecule has 1 amide bonds. The molecule has 0 aromatic heterocycles. The molecular weight excluding hydrogens is 378 g/mol. The van der Waals surface area contributed by atoms with Gasteiger partial charge in [-0.05, 0) is 36.8 Å². The minimum Gasteiger partial charge on any atom is -0.461 e. The molecule has 2 aliphatic rings. The molecular formula is C25H29NO4. The number of aliphatic hydroxyl groups is 1. The first-order valence-corrected chi connectivity index (χ1v) is 10.8. The molecule has 0 bridgehead atoms. The Hall–Kier alpha value is -2.66. The van der Waals surface area contributed by atoms with Crippen molar-refractivity contribution in [3.05, 3.63) is 71.8 Å². The van der Waals surface area contributed by atoms with E-state index in [0.29, 0.717) is 38.3 Å². The van der Waals surface area contributed by atoms with E-state index >= 15 is 0 Å². The number of carbonyl (C=O) groups excluding carboxylic acids is 2. The summed E-state index contributed by atoms with van der Waals surface area (Å²) in [7, 11) is 0. The van der Waals surface area contributed by atoms with Crippen LogP contribution in [0, 0.1) is 11.8 Å². The van der Waals surface area contributed by atoms with Crippen LogP contribution in [0.5, 0.6) is 0 Å². The van der Waals surface area contributed by atoms with Crippen molar-refractivity contribution in [2.75, 3.05) is 13.1 Å². The first kappa shape index (κ1) is 20.6. The van der Waals surface area contributed by atoms with E-state index in [1.807, 2.05) is 53.4 Å². The van der Waals surface area contributed by atoms with Gasteiger partial charge in [0.15, 0.2) is 0 Å². The van der Waals surface area contributed by atoms with Gasteiger partial charge in [0.25, 0.3) is 0 Å². The molecule has 5 nitrogen and oxygen atoms in total. The molecule has 2 fully saturated rings. The Bertz CT molecular complexity index is 854. The molecule has 2 aromatic rings. The molecule has 5 heteroatoms. The number of nitrogens with zero attached hydrogens (tertiary/aromatic N) is 1. The van der Waals surface area contributed by atoms with Crippen LogP contribution >= 0.6 is 0 Å². The van der Waals surface area contributed by atoms with Crippen LogP contribution in [-0.2, 0) is 20.9 Å². The highest BCUT2D eigenvalue weighted by molar-refractivity contribution is 5.86. The van der Waals surface area contributed by atoms with Gasteiger partial charge in [0.1, 0.15) is 6.61 Å². The van der Waals surface area contributed by atoms with Crippen molar-refractivity contribution >= 4 is 11.9 Å². The summed E-state index contributed by atoms with van der Waals surface area (Å²) in [6.45, 7) is 1.59. The fourth-order valence-corrected chi connectivity index (χ4v) is 4.73. The number of benzene rings is 2. The molecule has 0 spiro atoms. The molecule has 0 unspecified atom stereocenters. The second-order valence-electron chi connectivity index (χ2n) is 8.45. The van der Waals surface area contributed by atoms with E-state index in [4.69, 9.17) is 4.74 Å². The van der Waals surface area contributed by atoms with Crippen LogP contribution < -0.4 is 0 Å². The van der Waals surface area contributed by atoms with Crippen molar-refractivity contribution in [3.63, 3.8) is 0 Å². The Balaban J connectivity index is 1.40. The van der Waals surface area contributed by atoms with Gasteiger partial charge in [-0.25, -0.2) is 0 Å². The summed E-state index contributed by atoms with van der Waals surface area (Å²) in [6.07, 6.45) is 1.75. The Morgan fingerprint density at radius 2 is 1.63 bits per heavy atom. The van der Waals surface area contributed by atoms with Crippen LogP contribution in [0.25, 0.3) is 0 Å². The zero-order valence-corrected chi connectivity index (χ0v) is 17.2. The third-order valence-corrected chi connectivity index (χ3v) is 6.44. The zero-order chi connectivity index (χ0) is 20.9. The SMILES string of the molecule is O=C(OCc1ccccc1)[C@H]1C[C@@H](O)CC[C@@H]1C(=O)N1CC[C@H](c2ccccc2)C1. The molecule has 1 N–H and O–H groups in total. The van der Waals surface area contributed by atoms with Crippen LogP contribution in [0.1, 0.15) is 42.7 Å². The van der Waals surface area contributed by atoms with Gasteiger partial charge >= 0.3 is 5.97 Å². The van der Waals surface area contributed by atoms with E-state index in [9.17, 15) is 14.7 Å². The molecule has 4 atom stereocenters. The summed E-state index contributed by atoms with van der Waals surface area (Å²) < 4.78 is 5.53. The lowest BCUT2D eigenvalue weighted by Gasteiger charge is -2.34. The van der Waals surface area contributed by atoms with E-state index in [0.717, 1.165) is 12.0 Å². The number of aliphatic hydroxyl groups excluding tert-OH is 1. The first-order chi connectivity index (χ1) is 14.6. The Kier molecular flexibility index (Phi) is 6.48. The Morgan fingerprint density at radius 3 is 2.37 bits per heavy atom. The van der Waals surface area contributed by atoms with Crippen LogP contribution in [0.2, 0.25) is 0 Å². The number of ether oxygens (including phenoxy) is 1. The van der Waals surface area contributed by atoms with Crippen LogP contribution in [0.4, 0.5) is 0 Å². The van der Waals surface area contributed by atoms with Gasteiger partial charge < -0.3 is 14.7 Å². The van der Waals surface area contributed by atoms with Crippen molar-refractivity contribution in [2.24, 2.45) is 11.8 Å². The van der Waals surface area contributed by atoms with E-state index in [1.165, 1.54) is 5.56 Å². The summed E-state index contributed by atoms with van der Waals surface area (Å²) in [4.78, 5) is 28.0. The van der Waals surface area contributed by atoms with E-state index in [-0.39, 0.29) is 18.5 Å².